The number of ether oxygens (including phenoxy) is 2. The van der Waals surface area contributed by atoms with Gasteiger partial charge in [0.1, 0.15) is 0 Å². The van der Waals surface area contributed by atoms with E-state index in [-0.39, 0.29) is 6.10 Å². The lowest BCUT2D eigenvalue weighted by atomic mass is 10.2. The second-order valence-corrected chi connectivity index (χ2v) is 5.92. The molecule has 24 heavy (non-hydrogen) atoms. The lowest BCUT2D eigenvalue weighted by Crippen LogP contribution is -2.40. The molecule has 0 aliphatic carbocycles. The molecule has 2 aliphatic rings. The number of para-hydroxylation sites is 2. The standard InChI is InChI=1S/C17H23N3O4/c21-16(18-12-13-4-3-9-24-13)17(22)19-14-5-1-2-6-15(14)20-7-10-23-11-8-20/h1-2,5-6,13H,3-4,7-12H2,(H,18,21)(H,19,22). The monoisotopic (exact) mass is 333 g/mol. The quantitative estimate of drug-likeness (QED) is 0.795. The van der Waals surface area contributed by atoms with E-state index in [2.05, 4.69) is 15.5 Å². The Morgan fingerprint density at radius 1 is 1.12 bits per heavy atom. The SMILES string of the molecule is O=C(NCC1CCCO1)C(=O)Nc1ccccc1N1CCOCC1. The molecule has 0 aromatic heterocycles. The summed E-state index contributed by atoms with van der Waals surface area (Å²) in [6.45, 7) is 3.93. The molecule has 2 N–H and O–H groups in total. The average Bonchev–Trinajstić information content (AvgIpc) is 3.14. The molecule has 130 valence electrons. The first kappa shape index (κ1) is 16.7. The van der Waals surface area contributed by atoms with E-state index in [9.17, 15) is 9.59 Å². The number of hydrogen-bond donors (Lipinski definition) is 2. The van der Waals surface area contributed by atoms with Gasteiger partial charge in [0.05, 0.1) is 30.7 Å². The molecule has 2 saturated heterocycles. The maximum Gasteiger partial charge on any atom is 0.313 e. The molecule has 1 aromatic rings. The lowest BCUT2D eigenvalue weighted by molar-refractivity contribution is -0.136. The first-order chi connectivity index (χ1) is 11.7. The Balaban J connectivity index is 1.58. The van der Waals surface area contributed by atoms with Crippen LogP contribution in [0.2, 0.25) is 0 Å². The highest BCUT2D eigenvalue weighted by Gasteiger charge is 2.21. The molecule has 7 nitrogen and oxygen atoms in total. The summed E-state index contributed by atoms with van der Waals surface area (Å²) < 4.78 is 10.8. The molecule has 2 aliphatic heterocycles. The number of carbonyl (C=O) groups excluding carboxylic acids is 2. The largest absolute Gasteiger partial charge is 0.378 e. The Hall–Kier alpha value is -2.12. The third-order valence-electron chi connectivity index (χ3n) is 4.22. The Morgan fingerprint density at radius 3 is 2.67 bits per heavy atom. The number of carbonyl (C=O) groups is 2. The zero-order valence-electron chi connectivity index (χ0n) is 13.6. The summed E-state index contributed by atoms with van der Waals surface area (Å²) in [6.07, 6.45) is 1.93. The number of nitrogens with zero attached hydrogens (tertiary/aromatic N) is 1. The van der Waals surface area contributed by atoms with E-state index in [1.165, 1.54) is 0 Å². The van der Waals surface area contributed by atoms with E-state index < -0.39 is 11.8 Å². The Kier molecular flexibility index (Phi) is 5.66. The fourth-order valence-electron chi connectivity index (χ4n) is 2.93. The van der Waals surface area contributed by atoms with Gasteiger partial charge in [0.15, 0.2) is 0 Å². The number of benzene rings is 1. The normalized spacial score (nSPS) is 20.7. The third kappa shape index (κ3) is 4.24. The van der Waals surface area contributed by atoms with E-state index in [1.54, 1.807) is 6.07 Å². The van der Waals surface area contributed by atoms with Crippen LogP contribution in [0.25, 0.3) is 0 Å². The minimum Gasteiger partial charge on any atom is -0.378 e. The van der Waals surface area contributed by atoms with E-state index in [1.807, 2.05) is 18.2 Å². The van der Waals surface area contributed by atoms with Gasteiger partial charge in [-0.1, -0.05) is 12.1 Å². The topological polar surface area (TPSA) is 79.9 Å². The molecular weight excluding hydrogens is 310 g/mol. The van der Waals surface area contributed by atoms with Gasteiger partial charge in [-0.15, -0.1) is 0 Å². The van der Waals surface area contributed by atoms with Gasteiger partial charge in [0, 0.05) is 26.2 Å². The van der Waals surface area contributed by atoms with Gasteiger partial charge in [-0.25, -0.2) is 0 Å². The molecule has 0 saturated carbocycles. The van der Waals surface area contributed by atoms with Crippen LogP contribution in [-0.2, 0) is 19.1 Å². The van der Waals surface area contributed by atoms with Gasteiger partial charge < -0.3 is 25.0 Å². The van der Waals surface area contributed by atoms with Gasteiger partial charge in [-0.3, -0.25) is 9.59 Å². The zero-order chi connectivity index (χ0) is 16.8. The van der Waals surface area contributed by atoms with Crippen molar-refractivity contribution >= 4 is 23.2 Å². The number of rotatable bonds is 4. The molecule has 1 atom stereocenters. The summed E-state index contributed by atoms with van der Waals surface area (Å²) in [5, 5.41) is 5.34. The molecule has 0 radical (unpaired) electrons. The van der Waals surface area contributed by atoms with Gasteiger partial charge in [-0.2, -0.15) is 0 Å². The number of hydrogen-bond acceptors (Lipinski definition) is 5. The predicted octanol–water partition coefficient (Wildman–Crippen LogP) is 0.757. The van der Waals surface area contributed by atoms with Gasteiger partial charge in [-0.05, 0) is 25.0 Å². The van der Waals surface area contributed by atoms with E-state index in [0.29, 0.717) is 25.4 Å². The highest BCUT2D eigenvalue weighted by Crippen LogP contribution is 2.26. The second-order valence-electron chi connectivity index (χ2n) is 5.92. The summed E-state index contributed by atoms with van der Waals surface area (Å²) >= 11 is 0. The lowest BCUT2D eigenvalue weighted by Gasteiger charge is -2.30. The van der Waals surface area contributed by atoms with E-state index in [4.69, 9.17) is 9.47 Å². The predicted molar refractivity (Wildman–Crippen MR) is 90.1 cm³/mol. The Morgan fingerprint density at radius 2 is 1.92 bits per heavy atom. The van der Waals surface area contributed by atoms with Crippen LogP contribution in [0.15, 0.2) is 24.3 Å². The summed E-state index contributed by atoms with van der Waals surface area (Å²) in [7, 11) is 0. The smallest absolute Gasteiger partial charge is 0.313 e. The van der Waals surface area contributed by atoms with Crippen LogP contribution in [-0.4, -0.2) is 57.4 Å². The van der Waals surface area contributed by atoms with Crippen molar-refractivity contribution in [2.75, 3.05) is 49.7 Å². The minimum absolute atomic E-state index is 0.0161. The van der Waals surface area contributed by atoms with Crippen LogP contribution in [0.4, 0.5) is 11.4 Å². The maximum absolute atomic E-state index is 12.1. The average molecular weight is 333 g/mol. The van der Waals surface area contributed by atoms with Gasteiger partial charge in [0.25, 0.3) is 0 Å². The Labute approximate surface area is 141 Å². The molecule has 2 heterocycles. The van der Waals surface area contributed by atoms with Crippen LogP contribution in [0.1, 0.15) is 12.8 Å². The first-order valence-corrected chi connectivity index (χ1v) is 8.36. The molecule has 7 heteroatoms. The first-order valence-electron chi connectivity index (χ1n) is 8.36. The van der Waals surface area contributed by atoms with Crippen molar-refractivity contribution in [2.45, 2.75) is 18.9 Å². The van der Waals surface area contributed by atoms with Crippen molar-refractivity contribution < 1.29 is 19.1 Å². The molecular formula is C17H23N3O4. The van der Waals surface area contributed by atoms with Crippen molar-refractivity contribution in [3.63, 3.8) is 0 Å². The van der Waals surface area contributed by atoms with Crippen LogP contribution in [0, 0.1) is 0 Å². The Bertz CT molecular complexity index is 581. The van der Waals surface area contributed by atoms with Crippen molar-refractivity contribution in [3.05, 3.63) is 24.3 Å². The second kappa shape index (κ2) is 8.12. The minimum atomic E-state index is -0.659. The number of morpholine rings is 1. The van der Waals surface area contributed by atoms with Crippen LogP contribution in [0.3, 0.4) is 0 Å². The van der Waals surface area contributed by atoms with Crippen LogP contribution < -0.4 is 15.5 Å². The number of amides is 2. The van der Waals surface area contributed by atoms with Gasteiger partial charge in [0.2, 0.25) is 0 Å². The third-order valence-corrected chi connectivity index (χ3v) is 4.22. The number of anilines is 2. The highest BCUT2D eigenvalue weighted by atomic mass is 16.5. The fourth-order valence-corrected chi connectivity index (χ4v) is 2.93. The van der Waals surface area contributed by atoms with Crippen molar-refractivity contribution in [3.8, 4) is 0 Å². The molecule has 0 spiro atoms. The summed E-state index contributed by atoms with van der Waals surface area (Å²) in [5.41, 5.74) is 1.54. The van der Waals surface area contributed by atoms with Crippen molar-refractivity contribution in [1.29, 1.82) is 0 Å². The van der Waals surface area contributed by atoms with E-state index >= 15 is 0 Å². The van der Waals surface area contributed by atoms with Crippen molar-refractivity contribution in [1.82, 2.24) is 5.32 Å². The summed E-state index contributed by atoms with van der Waals surface area (Å²) in [6, 6.07) is 7.49. The van der Waals surface area contributed by atoms with Gasteiger partial charge >= 0.3 is 11.8 Å². The highest BCUT2D eigenvalue weighted by molar-refractivity contribution is 6.39. The van der Waals surface area contributed by atoms with Crippen molar-refractivity contribution in [2.24, 2.45) is 0 Å². The molecule has 3 rings (SSSR count). The van der Waals surface area contributed by atoms with Crippen LogP contribution >= 0.6 is 0 Å². The molecule has 0 bridgehead atoms. The molecule has 1 unspecified atom stereocenters. The zero-order valence-corrected chi connectivity index (χ0v) is 13.6. The maximum atomic E-state index is 12.1. The molecule has 1 aromatic carbocycles. The van der Waals surface area contributed by atoms with Crippen LogP contribution in [0.5, 0.6) is 0 Å². The van der Waals surface area contributed by atoms with E-state index in [0.717, 1.165) is 38.2 Å². The number of nitrogens with one attached hydrogen (secondary N) is 2. The fraction of sp³-hybridized carbons (Fsp3) is 0.529. The molecule has 2 fully saturated rings. The summed E-state index contributed by atoms with van der Waals surface area (Å²) in [4.78, 5) is 26.3. The molecule has 2 amide bonds. The summed E-state index contributed by atoms with van der Waals surface area (Å²) in [5.74, 6) is -1.30.